The first-order valence-corrected chi connectivity index (χ1v) is 4.93. The third-order valence-corrected chi connectivity index (χ3v) is 3.09. The van der Waals surface area contributed by atoms with Gasteiger partial charge in [0.05, 0.1) is 0 Å². The largest absolute Gasteiger partial charge is 0.310 e. The lowest BCUT2D eigenvalue weighted by atomic mass is 9.98. The van der Waals surface area contributed by atoms with Gasteiger partial charge in [-0.05, 0) is 47.2 Å². The second-order valence-electron chi connectivity index (χ2n) is 2.82. The first kappa shape index (κ1) is 7.55. The molecule has 1 saturated heterocycles. The van der Waals surface area contributed by atoms with Crippen LogP contribution in [-0.4, -0.2) is 6.54 Å². The standard InChI is InChI=1S/C9H10IN/c10-8-4-2-1-3-7(8)9-5-6-11-9/h1-4,9,11H,5-6H2/t9-/m1/s1. The Morgan fingerprint density at radius 2 is 2.09 bits per heavy atom. The maximum atomic E-state index is 3.40. The van der Waals surface area contributed by atoms with Crippen LogP contribution >= 0.6 is 22.6 Å². The van der Waals surface area contributed by atoms with Gasteiger partial charge in [-0.3, -0.25) is 0 Å². The summed E-state index contributed by atoms with van der Waals surface area (Å²) >= 11 is 2.39. The van der Waals surface area contributed by atoms with Gasteiger partial charge in [-0.15, -0.1) is 0 Å². The van der Waals surface area contributed by atoms with Gasteiger partial charge in [-0.1, -0.05) is 18.2 Å². The molecule has 11 heavy (non-hydrogen) atoms. The fourth-order valence-corrected chi connectivity index (χ4v) is 2.08. The third kappa shape index (κ3) is 1.42. The van der Waals surface area contributed by atoms with Crippen LogP contribution in [0.25, 0.3) is 0 Å². The average molecular weight is 259 g/mol. The molecule has 1 fully saturated rings. The topological polar surface area (TPSA) is 12.0 Å². The Balaban J connectivity index is 2.28. The minimum absolute atomic E-state index is 0.628. The van der Waals surface area contributed by atoms with E-state index in [2.05, 4.69) is 52.2 Å². The van der Waals surface area contributed by atoms with Gasteiger partial charge in [0.25, 0.3) is 0 Å². The van der Waals surface area contributed by atoms with E-state index >= 15 is 0 Å². The lowest BCUT2D eigenvalue weighted by Crippen LogP contribution is -2.35. The van der Waals surface area contributed by atoms with E-state index in [4.69, 9.17) is 0 Å². The predicted octanol–water partition coefficient (Wildman–Crippen LogP) is 2.33. The minimum Gasteiger partial charge on any atom is -0.310 e. The van der Waals surface area contributed by atoms with E-state index in [1.54, 1.807) is 0 Å². The Morgan fingerprint density at radius 1 is 1.36 bits per heavy atom. The summed E-state index contributed by atoms with van der Waals surface area (Å²) in [7, 11) is 0. The number of halogens is 1. The molecule has 0 amide bonds. The third-order valence-electron chi connectivity index (χ3n) is 2.10. The summed E-state index contributed by atoms with van der Waals surface area (Å²) in [5, 5.41) is 3.40. The molecule has 0 aromatic heterocycles. The smallest absolute Gasteiger partial charge is 0.0342 e. The van der Waals surface area contributed by atoms with Crippen LogP contribution in [0, 0.1) is 3.57 Å². The molecule has 0 saturated carbocycles. The summed E-state index contributed by atoms with van der Waals surface area (Å²) in [6, 6.07) is 9.19. The zero-order valence-electron chi connectivity index (χ0n) is 6.18. The van der Waals surface area contributed by atoms with E-state index in [0.717, 1.165) is 0 Å². The van der Waals surface area contributed by atoms with Crippen LogP contribution in [0.15, 0.2) is 24.3 Å². The molecule has 0 unspecified atom stereocenters. The maximum absolute atomic E-state index is 3.40. The summed E-state index contributed by atoms with van der Waals surface area (Å²) in [6.07, 6.45) is 1.29. The summed E-state index contributed by atoms with van der Waals surface area (Å²) in [6.45, 7) is 1.18. The monoisotopic (exact) mass is 259 g/mol. The molecule has 1 N–H and O–H groups in total. The summed E-state index contributed by atoms with van der Waals surface area (Å²) in [5.74, 6) is 0. The van der Waals surface area contributed by atoms with Gasteiger partial charge in [-0.2, -0.15) is 0 Å². The molecule has 0 bridgehead atoms. The Hall–Kier alpha value is -0.0900. The van der Waals surface area contributed by atoms with Gasteiger partial charge < -0.3 is 5.32 Å². The lowest BCUT2D eigenvalue weighted by Gasteiger charge is -2.28. The van der Waals surface area contributed by atoms with Crippen LogP contribution in [0.1, 0.15) is 18.0 Å². The molecule has 1 aliphatic rings. The Kier molecular flexibility index (Phi) is 2.13. The van der Waals surface area contributed by atoms with Crippen molar-refractivity contribution in [3.05, 3.63) is 33.4 Å². The molecule has 58 valence electrons. The van der Waals surface area contributed by atoms with Crippen molar-refractivity contribution in [3.63, 3.8) is 0 Å². The normalized spacial score (nSPS) is 22.8. The Bertz CT molecular complexity index is 255. The molecule has 1 aliphatic heterocycles. The predicted molar refractivity (Wildman–Crippen MR) is 54.5 cm³/mol. The molecule has 1 aromatic rings. The number of hydrogen-bond donors (Lipinski definition) is 1. The van der Waals surface area contributed by atoms with E-state index in [0.29, 0.717) is 6.04 Å². The number of hydrogen-bond acceptors (Lipinski definition) is 1. The molecule has 2 heteroatoms. The zero-order valence-corrected chi connectivity index (χ0v) is 8.34. The molecule has 2 rings (SSSR count). The minimum atomic E-state index is 0.628. The second-order valence-corrected chi connectivity index (χ2v) is 3.98. The van der Waals surface area contributed by atoms with E-state index < -0.39 is 0 Å². The van der Waals surface area contributed by atoms with Crippen molar-refractivity contribution in [1.29, 1.82) is 0 Å². The van der Waals surface area contributed by atoms with Crippen LogP contribution in [0.3, 0.4) is 0 Å². The van der Waals surface area contributed by atoms with Crippen molar-refractivity contribution in [3.8, 4) is 0 Å². The first-order chi connectivity index (χ1) is 5.38. The summed E-state index contributed by atoms with van der Waals surface area (Å²) in [5.41, 5.74) is 1.46. The molecule has 0 spiro atoms. The van der Waals surface area contributed by atoms with Gasteiger partial charge >= 0.3 is 0 Å². The molecule has 1 aromatic carbocycles. The van der Waals surface area contributed by atoms with Crippen molar-refractivity contribution in [2.75, 3.05) is 6.54 Å². The van der Waals surface area contributed by atoms with E-state index in [9.17, 15) is 0 Å². The lowest BCUT2D eigenvalue weighted by molar-refractivity contribution is 0.382. The van der Waals surface area contributed by atoms with Crippen molar-refractivity contribution < 1.29 is 0 Å². The van der Waals surface area contributed by atoms with Crippen LogP contribution < -0.4 is 5.32 Å². The van der Waals surface area contributed by atoms with Crippen LogP contribution in [0.4, 0.5) is 0 Å². The highest BCUT2D eigenvalue weighted by atomic mass is 127. The fraction of sp³-hybridized carbons (Fsp3) is 0.333. The van der Waals surface area contributed by atoms with Gasteiger partial charge in [0.2, 0.25) is 0 Å². The van der Waals surface area contributed by atoms with E-state index in [1.165, 1.54) is 22.1 Å². The molecular weight excluding hydrogens is 249 g/mol. The molecule has 1 heterocycles. The highest BCUT2D eigenvalue weighted by Gasteiger charge is 2.19. The van der Waals surface area contributed by atoms with Crippen LogP contribution in [-0.2, 0) is 0 Å². The van der Waals surface area contributed by atoms with Gasteiger partial charge in [-0.25, -0.2) is 0 Å². The van der Waals surface area contributed by atoms with Gasteiger partial charge in [0, 0.05) is 9.61 Å². The van der Waals surface area contributed by atoms with Gasteiger partial charge in [0.15, 0.2) is 0 Å². The van der Waals surface area contributed by atoms with Crippen molar-refractivity contribution >= 4 is 22.6 Å². The first-order valence-electron chi connectivity index (χ1n) is 3.86. The fourth-order valence-electron chi connectivity index (χ4n) is 1.31. The number of benzene rings is 1. The highest BCUT2D eigenvalue weighted by Crippen LogP contribution is 2.26. The van der Waals surface area contributed by atoms with Crippen molar-refractivity contribution in [1.82, 2.24) is 5.32 Å². The molecular formula is C9H10IN. The zero-order chi connectivity index (χ0) is 7.68. The van der Waals surface area contributed by atoms with Crippen LogP contribution in [0.2, 0.25) is 0 Å². The average Bonchev–Trinajstić information content (AvgIpc) is 1.90. The molecule has 0 aliphatic carbocycles. The van der Waals surface area contributed by atoms with E-state index in [-0.39, 0.29) is 0 Å². The highest BCUT2D eigenvalue weighted by molar-refractivity contribution is 14.1. The number of rotatable bonds is 1. The quantitative estimate of drug-likeness (QED) is 0.763. The maximum Gasteiger partial charge on any atom is 0.0342 e. The molecule has 1 nitrogen and oxygen atoms in total. The second kappa shape index (κ2) is 3.11. The number of nitrogens with one attached hydrogen (secondary N) is 1. The van der Waals surface area contributed by atoms with E-state index in [1.807, 2.05) is 0 Å². The SMILES string of the molecule is Ic1ccccc1[C@H]1CCN1. The molecule has 1 atom stereocenters. The Morgan fingerprint density at radius 3 is 2.64 bits per heavy atom. The molecule has 0 radical (unpaired) electrons. The van der Waals surface area contributed by atoms with Crippen molar-refractivity contribution in [2.24, 2.45) is 0 Å². The summed E-state index contributed by atoms with van der Waals surface area (Å²) < 4.78 is 1.38. The van der Waals surface area contributed by atoms with Crippen molar-refractivity contribution in [2.45, 2.75) is 12.5 Å². The Labute approximate surface area is 80.3 Å². The summed E-state index contributed by atoms with van der Waals surface area (Å²) in [4.78, 5) is 0. The van der Waals surface area contributed by atoms with Crippen LogP contribution in [0.5, 0.6) is 0 Å². The van der Waals surface area contributed by atoms with Gasteiger partial charge in [0.1, 0.15) is 0 Å².